The molecule has 0 aromatic carbocycles. The van der Waals surface area contributed by atoms with Gasteiger partial charge in [0.1, 0.15) is 5.41 Å². The first kappa shape index (κ1) is 11.4. The molecule has 4 amide bonds. The molecule has 1 heterocycles. The van der Waals surface area contributed by atoms with Gasteiger partial charge in [0.05, 0.1) is 0 Å². The molecule has 1 fully saturated rings. The predicted octanol–water partition coefficient (Wildman–Crippen LogP) is 0.571. The van der Waals surface area contributed by atoms with Gasteiger partial charge in [0.15, 0.2) is 0 Å². The van der Waals surface area contributed by atoms with Crippen LogP contribution in [0.5, 0.6) is 0 Å². The zero-order chi connectivity index (χ0) is 11.6. The molecule has 5 nitrogen and oxygen atoms in total. The summed E-state index contributed by atoms with van der Waals surface area (Å²) in [6.45, 7) is 5.09. The third-order valence-corrected chi connectivity index (χ3v) is 2.79. The van der Waals surface area contributed by atoms with Crippen LogP contribution < -0.4 is 10.6 Å². The number of carbonyl (C=O) groups is 3. The van der Waals surface area contributed by atoms with Gasteiger partial charge in [0.25, 0.3) is 0 Å². The lowest BCUT2D eigenvalue weighted by Crippen LogP contribution is -2.63. The monoisotopic (exact) mass is 210 g/mol. The van der Waals surface area contributed by atoms with Crippen molar-refractivity contribution in [2.45, 2.75) is 20.8 Å². The smallest absolute Gasteiger partial charge is 0.277 e. The van der Waals surface area contributed by atoms with E-state index in [1.807, 2.05) is 6.92 Å². The van der Waals surface area contributed by atoms with Gasteiger partial charge in [-0.25, -0.2) is 4.79 Å². The summed E-state index contributed by atoms with van der Waals surface area (Å²) in [5, 5.41) is 4.19. The molecule has 0 aromatic rings. The van der Waals surface area contributed by atoms with E-state index in [0.717, 1.165) is 0 Å². The van der Waals surface area contributed by atoms with Crippen LogP contribution in [0.25, 0.3) is 0 Å². The second-order valence-electron chi connectivity index (χ2n) is 3.75. The number of urea groups is 1. The molecule has 1 atom stereocenters. The van der Waals surface area contributed by atoms with Crippen molar-refractivity contribution in [3.63, 3.8) is 0 Å². The fraction of sp³-hybridized carbons (Fsp3) is 0.500. The molecule has 5 heteroatoms. The number of barbiturate groups is 1. The molecular weight excluding hydrogens is 196 g/mol. The number of nitrogens with one attached hydrogen (secondary N) is 2. The van der Waals surface area contributed by atoms with Gasteiger partial charge < -0.3 is 0 Å². The highest BCUT2D eigenvalue weighted by molar-refractivity contribution is 6.19. The quantitative estimate of drug-likeness (QED) is 0.517. The maximum absolute atomic E-state index is 11.6. The van der Waals surface area contributed by atoms with Crippen molar-refractivity contribution in [1.82, 2.24) is 10.6 Å². The summed E-state index contributed by atoms with van der Waals surface area (Å²) < 4.78 is 0. The molecule has 1 unspecified atom stereocenters. The van der Waals surface area contributed by atoms with Gasteiger partial charge in [-0.1, -0.05) is 19.1 Å². The van der Waals surface area contributed by atoms with Gasteiger partial charge in [-0.3, -0.25) is 20.2 Å². The van der Waals surface area contributed by atoms with Crippen molar-refractivity contribution < 1.29 is 14.4 Å². The first-order valence-electron chi connectivity index (χ1n) is 4.72. The molecule has 0 bridgehead atoms. The van der Waals surface area contributed by atoms with Gasteiger partial charge in [-0.05, 0) is 19.8 Å². The first-order chi connectivity index (χ1) is 6.92. The lowest BCUT2D eigenvalue weighted by atomic mass is 9.75. The van der Waals surface area contributed by atoms with E-state index in [2.05, 4.69) is 10.6 Å². The molecule has 1 aliphatic heterocycles. The lowest BCUT2D eigenvalue weighted by Gasteiger charge is -2.33. The predicted molar refractivity (Wildman–Crippen MR) is 53.8 cm³/mol. The number of allylic oxidation sites excluding steroid dienone is 2. The maximum Gasteiger partial charge on any atom is 0.328 e. The van der Waals surface area contributed by atoms with Crippen LogP contribution in [0.15, 0.2) is 12.2 Å². The molecule has 1 saturated heterocycles. The molecule has 82 valence electrons. The Morgan fingerprint density at radius 3 is 2.07 bits per heavy atom. The molecule has 1 aliphatic rings. The Labute approximate surface area is 87.9 Å². The van der Waals surface area contributed by atoms with Crippen molar-refractivity contribution in [3.05, 3.63) is 12.2 Å². The summed E-state index contributed by atoms with van der Waals surface area (Å²) >= 11 is 0. The molecule has 0 saturated carbocycles. The van der Waals surface area contributed by atoms with Crippen LogP contribution in [-0.2, 0) is 9.59 Å². The molecule has 0 aromatic heterocycles. The summed E-state index contributed by atoms with van der Waals surface area (Å²) in [6.07, 6.45) is 3.53. The summed E-state index contributed by atoms with van der Waals surface area (Å²) in [6, 6.07) is -0.754. The van der Waals surface area contributed by atoms with E-state index < -0.39 is 23.3 Å². The Hall–Kier alpha value is -1.65. The van der Waals surface area contributed by atoms with Crippen LogP contribution in [0.3, 0.4) is 0 Å². The van der Waals surface area contributed by atoms with E-state index in [0.29, 0.717) is 0 Å². The number of rotatable bonds is 2. The normalized spacial score (nSPS) is 22.5. The topological polar surface area (TPSA) is 75.3 Å². The van der Waals surface area contributed by atoms with Crippen molar-refractivity contribution in [3.8, 4) is 0 Å². The molecule has 15 heavy (non-hydrogen) atoms. The van der Waals surface area contributed by atoms with Crippen molar-refractivity contribution in [1.29, 1.82) is 0 Å². The van der Waals surface area contributed by atoms with Crippen LogP contribution in [0, 0.1) is 11.3 Å². The van der Waals surface area contributed by atoms with Crippen LogP contribution in [0.1, 0.15) is 20.8 Å². The van der Waals surface area contributed by atoms with Gasteiger partial charge in [-0.15, -0.1) is 0 Å². The van der Waals surface area contributed by atoms with Gasteiger partial charge in [-0.2, -0.15) is 0 Å². The summed E-state index contributed by atoms with van der Waals surface area (Å²) in [4.78, 5) is 34.1. The zero-order valence-corrected chi connectivity index (χ0v) is 8.96. The zero-order valence-electron chi connectivity index (χ0n) is 8.96. The lowest BCUT2D eigenvalue weighted by molar-refractivity contribution is -0.145. The van der Waals surface area contributed by atoms with E-state index in [1.165, 1.54) is 6.92 Å². The number of imide groups is 2. The van der Waals surface area contributed by atoms with E-state index in [4.69, 9.17) is 0 Å². The highest BCUT2D eigenvalue weighted by atomic mass is 16.2. The van der Waals surface area contributed by atoms with Crippen molar-refractivity contribution >= 4 is 17.8 Å². The second-order valence-corrected chi connectivity index (χ2v) is 3.75. The van der Waals surface area contributed by atoms with Crippen LogP contribution in [-0.4, -0.2) is 17.8 Å². The first-order valence-corrected chi connectivity index (χ1v) is 4.72. The fourth-order valence-corrected chi connectivity index (χ4v) is 1.49. The minimum atomic E-state index is -1.22. The molecule has 0 aliphatic carbocycles. The molecule has 0 spiro atoms. The Balaban J connectivity index is 3.04. The van der Waals surface area contributed by atoms with Gasteiger partial charge in [0, 0.05) is 0 Å². The largest absolute Gasteiger partial charge is 0.328 e. The van der Waals surface area contributed by atoms with Gasteiger partial charge in [0.2, 0.25) is 11.8 Å². The summed E-state index contributed by atoms with van der Waals surface area (Å²) in [7, 11) is 0. The second kappa shape index (κ2) is 3.84. The molecule has 0 radical (unpaired) electrons. The summed E-state index contributed by atoms with van der Waals surface area (Å²) in [5.41, 5.74) is -1.22. The number of hydrogen-bond donors (Lipinski definition) is 2. The Kier molecular flexibility index (Phi) is 2.93. The molecule has 2 N–H and O–H groups in total. The minimum absolute atomic E-state index is 0.268. The third-order valence-electron chi connectivity index (χ3n) is 2.79. The van der Waals surface area contributed by atoms with Gasteiger partial charge >= 0.3 is 6.03 Å². The number of carbonyl (C=O) groups excluding carboxylic acids is 3. The van der Waals surface area contributed by atoms with Crippen LogP contribution in [0.2, 0.25) is 0 Å². The number of amides is 4. The Bertz CT molecular complexity index is 327. The SMILES string of the molecule is CC=CC(C)C1(C)C(=O)NC(=O)NC1=O. The van der Waals surface area contributed by atoms with E-state index in [9.17, 15) is 14.4 Å². The minimum Gasteiger partial charge on any atom is -0.277 e. The average molecular weight is 210 g/mol. The van der Waals surface area contributed by atoms with E-state index in [1.54, 1.807) is 19.1 Å². The molecule has 1 rings (SSSR count). The highest BCUT2D eigenvalue weighted by Gasteiger charge is 2.49. The average Bonchev–Trinajstić information content (AvgIpc) is 2.14. The van der Waals surface area contributed by atoms with E-state index in [-0.39, 0.29) is 5.92 Å². The summed E-state index contributed by atoms with van der Waals surface area (Å²) in [5.74, 6) is -1.38. The highest BCUT2D eigenvalue weighted by Crippen LogP contribution is 2.30. The molecular formula is C10H14N2O3. The number of hydrogen-bond acceptors (Lipinski definition) is 3. The maximum atomic E-state index is 11.6. The van der Waals surface area contributed by atoms with Crippen molar-refractivity contribution in [2.75, 3.05) is 0 Å². The third kappa shape index (κ3) is 1.77. The van der Waals surface area contributed by atoms with Crippen molar-refractivity contribution in [2.24, 2.45) is 11.3 Å². The standard InChI is InChI=1S/C10H14N2O3/c1-4-5-6(2)10(3)7(13)11-9(15)12-8(10)14/h4-6H,1-3H3,(H2,11,12,13,14,15). The Morgan fingerprint density at radius 1 is 1.20 bits per heavy atom. The fourth-order valence-electron chi connectivity index (χ4n) is 1.49. The van der Waals surface area contributed by atoms with Crippen LogP contribution in [0.4, 0.5) is 4.79 Å². The van der Waals surface area contributed by atoms with Crippen LogP contribution >= 0.6 is 0 Å². The Morgan fingerprint density at radius 2 is 1.67 bits per heavy atom. The van der Waals surface area contributed by atoms with E-state index >= 15 is 0 Å².